The molecule has 8 aromatic rings. The molecule has 5 aromatic carbocycles. The zero-order valence-corrected chi connectivity index (χ0v) is 34.4. The summed E-state index contributed by atoms with van der Waals surface area (Å²) in [5, 5.41) is 1.73. The second-order valence-electron chi connectivity index (χ2n) is 15.3. The van der Waals surface area contributed by atoms with Crippen LogP contribution in [0.5, 0.6) is 0 Å². The Bertz CT molecular complexity index is 3100. The minimum Gasteiger partial charge on any atom is -0.501 e. The largest absolute Gasteiger partial charge is 0.501 e. The van der Waals surface area contributed by atoms with Crippen LogP contribution in [0.2, 0.25) is 0 Å². The van der Waals surface area contributed by atoms with Crippen LogP contribution >= 0.6 is 0 Å². The Morgan fingerprint density at radius 3 is 2.23 bits per heavy atom. The molecule has 0 spiro atoms. The summed E-state index contributed by atoms with van der Waals surface area (Å²) in [4.78, 5) is 8.93. The molecule has 0 amide bonds. The van der Waals surface area contributed by atoms with Gasteiger partial charge in [0.25, 0.3) is 0 Å². The summed E-state index contributed by atoms with van der Waals surface area (Å²) in [6, 6.07) is 37.4. The van der Waals surface area contributed by atoms with E-state index in [1.165, 1.54) is 30.0 Å². The predicted molar refractivity (Wildman–Crippen MR) is 234 cm³/mol. The maximum atomic E-state index is 8.94. The summed E-state index contributed by atoms with van der Waals surface area (Å²) >= 11 is 0. The van der Waals surface area contributed by atoms with E-state index < -0.39 is 33.3 Å². The Morgan fingerprint density at radius 2 is 1.49 bits per heavy atom. The fourth-order valence-corrected chi connectivity index (χ4v) is 7.33. The van der Waals surface area contributed by atoms with E-state index in [4.69, 9.17) is 22.2 Å². The van der Waals surface area contributed by atoms with Gasteiger partial charge in [-0.25, -0.2) is 0 Å². The molecule has 0 unspecified atom stereocenters. The number of hydrogen-bond donors (Lipinski definition) is 0. The predicted octanol–water partition coefficient (Wildman–Crippen LogP) is 14.5. The third-order valence-corrected chi connectivity index (χ3v) is 10.5. The van der Waals surface area contributed by atoms with Crippen molar-refractivity contribution >= 4 is 21.9 Å². The topological polar surface area (TPSA) is 38.9 Å². The Balaban J connectivity index is 0.000000289. The van der Waals surface area contributed by atoms with E-state index in [0.717, 1.165) is 34.9 Å². The van der Waals surface area contributed by atoms with E-state index in [1.807, 2.05) is 48.7 Å². The molecule has 4 heteroatoms. The first-order chi connectivity index (χ1) is 32.2. The second kappa shape index (κ2) is 16.8. The van der Waals surface area contributed by atoms with Gasteiger partial charge >= 0.3 is 0 Å². The van der Waals surface area contributed by atoms with E-state index >= 15 is 0 Å². The number of fused-ring (bicyclic) bond motifs is 3. The van der Waals surface area contributed by atoms with Crippen molar-refractivity contribution in [1.82, 2.24) is 9.97 Å². The fraction of sp³-hybridized carbons (Fsp3) is 0.245. The van der Waals surface area contributed by atoms with Gasteiger partial charge in [-0.05, 0) is 112 Å². The molecule has 1 fully saturated rings. The molecule has 1 saturated carbocycles. The maximum Gasteiger partial charge on any atom is 0.120 e. The monoisotopic (exact) mass is 936 g/mol. The van der Waals surface area contributed by atoms with Gasteiger partial charge in [-0.1, -0.05) is 124 Å². The minimum atomic E-state index is -2.69. The zero-order valence-electron chi connectivity index (χ0n) is 45.0. The van der Waals surface area contributed by atoms with Gasteiger partial charge in [0.05, 0.1) is 5.58 Å². The van der Waals surface area contributed by atoms with E-state index in [0.29, 0.717) is 57.5 Å². The molecule has 1 aliphatic rings. The third kappa shape index (κ3) is 8.45. The number of furan rings is 1. The number of rotatable bonds is 5. The van der Waals surface area contributed by atoms with Gasteiger partial charge < -0.3 is 14.4 Å². The molecule has 3 heterocycles. The molecular formula is C53H50IrN2O-2. The molecule has 0 bridgehead atoms. The van der Waals surface area contributed by atoms with E-state index in [-0.39, 0.29) is 53.3 Å². The molecule has 1 radical (unpaired) electrons. The molecule has 0 atom stereocenters. The average molecular weight is 936 g/mol. The summed E-state index contributed by atoms with van der Waals surface area (Å²) in [6.45, 7) is -3.51. The number of benzene rings is 5. The minimum absolute atomic E-state index is 0. The van der Waals surface area contributed by atoms with Gasteiger partial charge in [0.15, 0.2) is 0 Å². The molecule has 3 nitrogen and oxygen atoms in total. The molecule has 1 aliphatic carbocycles. The smallest absolute Gasteiger partial charge is 0.120 e. The number of hydrogen-bond acceptors (Lipinski definition) is 3. The SMILES string of the molecule is [2H]C([2H])([2H])c1c[c-]c(-c2ccc(C(C)(C)C)cn2)cc1.[2H]C([2H])([2H])c1cc(C2([2H])CCCC2)ccc1-c1ccc(-c2cc(-c3[c-]ccc4c3oc3ccccc34)ncc2C([2H])([2H])[2H])c(C([2H])([2H])[2H])c1.[Ir]. The van der Waals surface area contributed by atoms with Crippen LogP contribution in [0.3, 0.4) is 0 Å². The van der Waals surface area contributed by atoms with Crippen LogP contribution in [0, 0.1) is 39.5 Å². The number of para-hydroxylation sites is 1. The number of nitrogens with zero attached hydrogens (tertiary/aromatic N) is 2. The Labute approximate surface area is 370 Å². The van der Waals surface area contributed by atoms with Crippen molar-refractivity contribution in [2.75, 3.05) is 0 Å². The quantitative estimate of drug-likeness (QED) is 0.161. The van der Waals surface area contributed by atoms with Gasteiger partial charge in [0.1, 0.15) is 5.58 Å². The standard InChI is InChI=1S/C37H32NO.C16H18N.Ir/c1-23-19-27(26-9-4-5-10-26)15-17-29(23)28-16-18-30(24(2)20-28)34-21-35(38-22-25(34)3)33-13-8-12-32-31-11-6-7-14-36(31)39-37(32)33;1-12-5-7-13(8-6-12)15-10-9-14(11-17-15)16(2,3)4;/h6-8,11-12,14-22,26H,4-5,9-10H2,1-3H3;5-7,9-11H,1-4H3;/q2*-1;/i1D3,2D3,3D3,26D;1D3;. The summed E-state index contributed by atoms with van der Waals surface area (Å²) in [7, 11) is 0. The summed E-state index contributed by atoms with van der Waals surface area (Å²) < 4.78 is 113. The van der Waals surface area contributed by atoms with Crippen molar-refractivity contribution in [3.8, 4) is 44.8 Å². The van der Waals surface area contributed by atoms with E-state index in [1.54, 1.807) is 48.5 Å². The number of pyridine rings is 2. The summed E-state index contributed by atoms with van der Waals surface area (Å²) in [5.41, 5.74) is 6.61. The molecule has 0 saturated heterocycles. The van der Waals surface area contributed by atoms with Gasteiger partial charge in [0, 0.05) is 55.7 Å². The molecule has 3 aromatic heterocycles. The second-order valence-corrected chi connectivity index (χ2v) is 15.3. The Morgan fingerprint density at radius 1 is 0.702 bits per heavy atom. The molecular weight excluding hydrogens is 873 g/mol. The van der Waals surface area contributed by atoms with Crippen molar-refractivity contribution in [2.45, 2.75) is 85.2 Å². The molecule has 57 heavy (non-hydrogen) atoms. The van der Waals surface area contributed by atoms with Crippen molar-refractivity contribution in [3.05, 3.63) is 167 Å². The first-order valence-electron chi connectivity index (χ1n) is 25.3. The Kier molecular flexibility index (Phi) is 7.85. The molecule has 0 aliphatic heterocycles. The normalized spacial score (nSPS) is 17.8. The van der Waals surface area contributed by atoms with Gasteiger partial charge in [-0.15, -0.1) is 53.6 Å². The molecule has 289 valence electrons. The average Bonchev–Trinajstić information content (AvgIpc) is 3.92. The van der Waals surface area contributed by atoms with Gasteiger partial charge in [-0.3, -0.25) is 0 Å². The molecule has 9 rings (SSSR count). The van der Waals surface area contributed by atoms with Crippen molar-refractivity contribution < 1.29 is 42.3 Å². The summed E-state index contributed by atoms with van der Waals surface area (Å²) in [6.07, 6.45) is 6.20. The van der Waals surface area contributed by atoms with E-state index in [9.17, 15) is 0 Å². The molecule has 0 N–H and O–H groups in total. The van der Waals surface area contributed by atoms with Gasteiger partial charge in [-0.2, -0.15) is 0 Å². The fourth-order valence-electron chi connectivity index (χ4n) is 7.33. The third-order valence-electron chi connectivity index (χ3n) is 10.5. The van der Waals surface area contributed by atoms with Crippen LogP contribution in [-0.4, -0.2) is 9.97 Å². The van der Waals surface area contributed by atoms with Crippen molar-refractivity contribution in [3.63, 3.8) is 0 Å². The summed E-state index contributed by atoms with van der Waals surface area (Å²) in [5.74, 6) is -0.860. The van der Waals surface area contributed by atoms with Crippen molar-refractivity contribution in [1.29, 1.82) is 0 Å². The number of aryl methyl sites for hydroxylation is 4. The van der Waals surface area contributed by atoms with Crippen molar-refractivity contribution in [2.24, 2.45) is 0 Å². The van der Waals surface area contributed by atoms with Crippen LogP contribution in [0.4, 0.5) is 0 Å². The van der Waals surface area contributed by atoms with Crippen LogP contribution < -0.4 is 0 Å². The zero-order chi connectivity index (χ0) is 49.9. The first-order valence-corrected chi connectivity index (χ1v) is 18.8. The van der Waals surface area contributed by atoms with Crippen LogP contribution in [0.1, 0.15) is 104 Å². The van der Waals surface area contributed by atoms with Crippen LogP contribution in [0.15, 0.2) is 126 Å². The first kappa shape index (κ1) is 26.7. The number of aromatic nitrogens is 2. The van der Waals surface area contributed by atoms with E-state index in [2.05, 4.69) is 42.9 Å². The van der Waals surface area contributed by atoms with Crippen LogP contribution in [0.25, 0.3) is 66.7 Å². The van der Waals surface area contributed by atoms with Gasteiger partial charge in [0.2, 0.25) is 0 Å². The van der Waals surface area contributed by atoms with Crippen LogP contribution in [-0.2, 0) is 25.5 Å². The Hall–Kier alpha value is -5.15. The maximum absolute atomic E-state index is 8.94.